The molecule has 2 aliphatic heterocycles. The van der Waals surface area contributed by atoms with E-state index in [2.05, 4.69) is 15.5 Å². The van der Waals surface area contributed by atoms with Crippen molar-refractivity contribution < 1.29 is 24.0 Å². The van der Waals surface area contributed by atoms with Gasteiger partial charge in [-0.2, -0.15) is 0 Å². The molecule has 0 spiro atoms. The summed E-state index contributed by atoms with van der Waals surface area (Å²) in [4.78, 5) is 66.2. The van der Waals surface area contributed by atoms with Crippen LogP contribution in [0.25, 0.3) is 0 Å². The molecule has 0 fully saturated rings. The van der Waals surface area contributed by atoms with Gasteiger partial charge in [-0.3, -0.25) is 39.1 Å². The number of hydrogen-bond donors (Lipinski definition) is 1. The van der Waals surface area contributed by atoms with E-state index in [0.29, 0.717) is 16.1 Å². The second-order valence-electron chi connectivity index (χ2n) is 8.45. The van der Waals surface area contributed by atoms with Gasteiger partial charge in [0, 0.05) is 0 Å². The minimum absolute atomic E-state index is 0.0914. The molecule has 1 unspecified atom stereocenters. The smallest absolute Gasteiger partial charge is 0.262 e. The molecule has 0 radical (unpaired) electrons. The van der Waals surface area contributed by atoms with E-state index >= 15 is 0 Å². The van der Waals surface area contributed by atoms with Gasteiger partial charge in [0.2, 0.25) is 11.0 Å². The molecule has 0 saturated carbocycles. The number of anilines is 1. The van der Waals surface area contributed by atoms with Gasteiger partial charge in [-0.15, -0.1) is 10.2 Å². The number of fused-ring (bicyclic) bond motifs is 2. The largest absolute Gasteiger partial charge is 0.299 e. The average molecular weight is 490 g/mol. The molecular weight excluding hydrogens is 470 g/mol. The summed E-state index contributed by atoms with van der Waals surface area (Å²) in [7, 11) is 0. The standard InChI is InChI=1S/C24H19N5O5S/c1-12(2)18(29-22(33)15-9-5-6-10-16(15)23(29)34)19(30)25-24-27-26-17(35-24)11-28-20(31)13-7-3-4-8-14(13)21(28)32/h3-10,12,18H,11H2,1-2H3,(H,25,27,30). The van der Waals surface area contributed by atoms with Gasteiger partial charge < -0.3 is 0 Å². The number of nitrogens with one attached hydrogen (secondary N) is 1. The Labute approximate surface area is 203 Å². The number of hydrogen-bond acceptors (Lipinski definition) is 8. The maximum atomic E-state index is 13.2. The van der Waals surface area contributed by atoms with E-state index in [4.69, 9.17) is 0 Å². The Hall–Kier alpha value is -4.25. The molecule has 0 aliphatic carbocycles. The molecule has 1 atom stereocenters. The van der Waals surface area contributed by atoms with Crippen LogP contribution >= 0.6 is 11.3 Å². The first-order chi connectivity index (χ1) is 16.8. The van der Waals surface area contributed by atoms with Crippen molar-refractivity contribution in [2.75, 3.05) is 5.32 Å². The summed E-state index contributed by atoms with van der Waals surface area (Å²) in [5.74, 6) is -2.85. The highest BCUT2D eigenvalue weighted by Gasteiger charge is 2.44. The summed E-state index contributed by atoms with van der Waals surface area (Å²) in [6.45, 7) is 3.38. The number of nitrogens with zero attached hydrogens (tertiary/aromatic N) is 4. The molecule has 0 bridgehead atoms. The quantitative estimate of drug-likeness (QED) is 0.527. The first kappa shape index (κ1) is 22.5. The lowest BCUT2D eigenvalue weighted by Crippen LogP contribution is -2.50. The summed E-state index contributed by atoms with van der Waals surface area (Å²) in [6.07, 6.45) is 0. The molecule has 1 aromatic heterocycles. The third-order valence-corrected chi connectivity index (χ3v) is 6.70. The van der Waals surface area contributed by atoms with Crippen molar-refractivity contribution in [1.29, 1.82) is 0 Å². The number of benzene rings is 2. The Bertz CT molecular complexity index is 1340. The summed E-state index contributed by atoms with van der Waals surface area (Å²) in [5, 5.41) is 11.0. The van der Waals surface area contributed by atoms with Crippen molar-refractivity contribution >= 4 is 46.0 Å². The molecule has 2 aliphatic rings. The van der Waals surface area contributed by atoms with Crippen LogP contribution in [0.1, 0.15) is 60.3 Å². The van der Waals surface area contributed by atoms with Gasteiger partial charge in [0.15, 0.2) is 0 Å². The molecule has 2 aromatic carbocycles. The molecule has 3 heterocycles. The first-order valence-corrected chi connectivity index (χ1v) is 11.6. The van der Waals surface area contributed by atoms with Crippen LogP contribution in [-0.4, -0.2) is 55.6 Å². The van der Waals surface area contributed by atoms with Crippen LogP contribution in [0.4, 0.5) is 5.13 Å². The Morgan fingerprint density at radius 1 is 0.829 bits per heavy atom. The van der Waals surface area contributed by atoms with Crippen LogP contribution in [0.15, 0.2) is 48.5 Å². The number of carbonyl (C=O) groups excluding carboxylic acids is 5. The van der Waals surface area contributed by atoms with Crippen LogP contribution in [-0.2, 0) is 11.3 Å². The van der Waals surface area contributed by atoms with Gasteiger partial charge in [-0.25, -0.2) is 0 Å². The second-order valence-corrected chi connectivity index (χ2v) is 9.51. The number of imide groups is 2. The van der Waals surface area contributed by atoms with Gasteiger partial charge in [-0.05, 0) is 30.2 Å². The van der Waals surface area contributed by atoms with Crippen LogP contribution in [0.3, 0.4) is 0 Å². The van der Waals surface area contributed by atoms with Gasteiger partial charge in [0.25, 0.3) is 23.6 Å². The van der Waals surface area contributed by atoms with E-state index in [-0.39, 0.29) is 28.7 Å². The van der Waals surface area contributed by atoms with Gasteiger partial charge in [0.05, 0.1) is 28.8 Å². The van der Waals surface area contributed by atoms with E-state index in [1.54, 1.807) is 62.4 Å². The molecule has 0 saturated heterocycles. The van der Waals surface area contributed by atoms with E-state index in [9.17, 15) is 24.0 Å². The SMILES string of the molecule is CC(C)C(C(=O)Nc1nnc(CN2C(=O)c3ccccc3C2=O)s1)N1C(=O)c2ccccc2C1=O. The lowest BCUT2D eigenvalue weighted by molar-refractivity contribution is -0.121. The molecule has 176 valence electrons. The van der Waals surface area contributed by atoms with Gasteiger partial charge >= 0.3 is 0 Å². The molecule has 35 heavy (non-hydrogen) atoms. The zero-order valence-electron chi connectivity index (χ0n) is 18.7. The zero-order valence-corrected chi connectivity index (χ0v) is 19.5. The Morgan fingerprint density at radius 3 is 1.80 bits per heavy atom. The fraction of sp³-hybridized carbons (Fsp3) is 0.208. The third-order valence-electron chi connectivity index (χ3n) is 5.87. The maximum absolute atomic E-state index is 13.2. The topological polar surface area (TPSA) is 130 Å². The van der Waals surface area contributed by atoms with Gasteiger partial charge in [-0.1, -0.05) is 49.4 Å². The highest BCUT2D eigenvalue weighted by molar-refractivity contribution is 7.15. The summed E-state index contributed by atoms with van der Waals surface area (Å²) < 4.78 is 0. The highest BCUT2D eigenvalue weighted by Crippen LogP contribution is 2.29. The molecule has 1 N–H and O–H groups in total. The number of aromatic nitrogens is 2. The van der Waals surface area contributed by atoms with E-state index < -0.39 is 35.6 Å². The summed E-state index contributed by atoms with van der Waals surface area (Å²) in [6, 6.07) is 11.9. The lowest BCUT2D eigenvalue weighted by Gasteiger charge is -2.27. The molecule has 3 aromatic rings. The molecule has 10 nitrogen and oxygen atoms in total. The first-order valence-electron chi connectivity index (χ1n) is 10.8. The highest BCUT2D eigenvalue weighted by atomic mass is 32.1. The normalized spacial score (nSPS) is 15.6. The third kappa shape index (κ3) is 3.69. The van der Waals surface area contributed by atoms with Crippen LogP contribution < -0.4 is 5.32 Å². The number of rotatable bonds is 6. The van der Waals surface area contributed by atoms with Crippen LogP contribution in [0.2, 0.25) is 0 Å². The predicted molar refractivity (Wildman–Crippen MR) is 125 cm³/mol. The minimum atomic E-state index is -1.06. The minimum Gasteiger partial charge on any atom is -0.299 e. The fourth-order valence-corrected chi connectivity index (χ4v) is 4.98. The van der Waals surface area contributed by atoms with Crippen molar-refractivity contribution in [1.82, 2.24) is 20.0 Å². The monoisotopic (exact) mass is 489 g/mol. The Morgan fingerprint density at radius 2 is 1.31 bits per heavy atom. The fourth-order valence-electron chi connectivity index (χ4n) is 4.24. The molecular formula is C24H19N5O5S. The number of amides is 5. The maximum Gasteiger partial charge on any atom is 0.262 e. The van der Waals surface area contributed by atoms with Gasteiger partial charge in [0.1, 0.15) is 11.0 Å². The van der Waals surface area contributed by atoms with Crippen molar-refractivity contribution in [2.24, 2.45) is 5.92 Å². The Balaban J connectivity index is 1.31. The number of carbonyl (C=O) groups is 5. The molecule has 11 heteroatoms. The zero-order chi connectivity index (χ0) is 24.9. The van der Waals surface area contributed by atoms with Crippen molar-refractivity contribution in [2.45, 2.75) is 26.4 Å². The van der Waals surface area contributed by atoms with Crippen molar-refractivity contribution in [3.63, 3.8) is 0 Å². The lowest BCUT2D eigenvalue weighted by atomic mass is 10.0. The molecule has 5 rings (SSSR count). The van der Waals surface area contributed by atoms with E-state index in [1.165, 1.54) is 0 Å². The second kappa shape index (κ2) is 8.51. The van der Waals surface area contributed by atoms with Crippen LogP contribution in [0, 0.1) is 5.92 Å². The van der Waals surface area contributed by atoms with Crippen molar-refractivity contribution in [3.8, 4) is 0 Å². The van der Waals surface area contributed by atoms with Crippen molar-refractivity contribution in [3.05, 3.63) is 75.8 Å². The predicted octanol–water partition coefficient (Wildman–Crippen LogP) is 2.59. The Kier molecular flexibility index (Phi) is 5.48. The summed E-state index contributed by atoms with van der Waals surface area (Å²) >= 11 is 1.00. The van der Waals surface area contributed by atoms with E-state index in [1.807, 2.05) is 0 Å². The molecule has 5 amide bonds. The summed E-state index contributed by atoms with van der Waals surface area (Å²) in [5.41, 5.74) is 1.18. The van der Waals surface area contributed by atoms with E-state index in [0.717, 1.165) is 21.1 Å². The van der Waals surface area contributed by atoms with Crippen LogP contribution in [0.5, 0.6) is 0 Å². The average Bonchev–Trinajstić information content (AvgIpc) is 3.46.